The number of hydrogen-bond donors (Lipinski definition) is 1. The SMILES string of the molecule is CCC1(CC)NC(=O)CCN(Cc2ccc(I)cc2)C1=O. The van der Waals surface area contributed by atoms with E-state index in [4.69, 9.17) is 0 Å². The Hall–Kier alpha value is -1.11. The number of benzene rings is 1. The molecule has 0 atom stereocenters. The predicted octanol–water partition coefficient (Wildman–Crippen LogP) is 2.70. The van der Waals surface area contributed by atoms with Crippen molar-refractivity contribution in [3.05, 3.63) is 33.4 Å². The summed E-state index contributed by atoms with van der Waals surface area (Å²) in [5.41, 5.74) is 0.357. The maximum atomic E-state index is 12.9. The zero-order valence-corrected chi connectivity index (χ0v) is 14.6. The third-order valence-electron chi connectivity index (χ3n) is 4.18. The summed E-state index contributed by atoms with van der Waals surface area (Å²) in [5.74, 6) is 0.00839. The Labute approximate surface area is 139 Å². The van der Waals surface area contributed by atoms with E-state index in [-0.39, 0.29) is 11.8 Å². The number of rotatable bonds is 4. The molecule has 114 valence electrons. The summed E-state index contributed by atoms with van der Waals surface area (Å²) in [6, 6.07) is 8.15. The van der Waals surface area contributed by atoms with Gasteiger partial charge in [0.05, 0.1) is 0 Å². The van der Waals surface area contributed by atoms with Gasteiger partial charge in [0.25, 0.3) is 0 Å². The van der Waals surface area contributed by atoms with Crippen LogP contribution in [0.5, 0.6) is 0 Å². The summed E-state index contributed by atoms with van der Waals surface area (Å²) in [6.07, 6.45) is 1.62. The van der Waals surface area contributed by atoms with Gasteiger partial charge in [-0.15, -0.1) is 0 Å². The van der Waals surface area contributed by atoms with Crippen molar-refractivity contribution in [1.82, 2.24) is 10.2 Å². The average molecular weight is 400 g/mol. The molecule has 4 nitrogen and oxygen atoms in total. The zero-order chi connectivity index (χ0) is 15.5. The summed E-state index contributed by atoms with van der Waals surface area (Å²) in [6.45, 7) is 4.96. The molecule has 1 saturated heterocycles. The summed E-state index contributed by atoms with van der Waals surface area (Å²) in [4.78, 5) is 26.6. The zero-order valence-electron chi connectivity index (χ0n) is 12.5. The van der Waals surface area contributed by atoms with Gasteiger partial charge in [-0.05, 0) is 53.1 Å². The van der Waals surface area contributed by atoms with Crippen LogP contribution in [0.1, 0.15) is 38.7 Å². The molecule has 0 bridgehead atoms. The Morgan fingerprint density at radius 1 is 1.19 bits per heavy atom. The predicted molar refractivity (Wildman–Crippen MR) is 90.6 cm³/mol. The number of carbonyl (C=O) groups excluding carboxylic acids is 2. The van der Waals surface area contributed by atoms with Crippen molar-refractivity contribution in [2.24, 2.45) is 0 Å². The smallest absolute Gasteiger partial charge is 0.248 e. The van der Waals surface area contributed by atoms with E-state index >= 15 is 0 Å². The molecule has 1 N–H and O–H groups in total. The van der Waals surface area contributed by atoms with Crippen LogP contribution in [0.3, 0.4) is 0 Å². The summed E-state index contributed by atoms with van der Waals surface area (Å²) < 4.78 is 1.17. The van der Waals surface area contributed by atoms with Crippen molar-refractivity contribution in [3.63, 3.8) is 0 Å². The number of nitrogens with zero attached hydrogens (tertiary/aromatic N) is 1. The van der Waals surface area contributed by atoms with Crippen molar-refractivity contribution >= 4 is 34.4 Å². The van der Waals surface area contributed by atoms with E-state index in [1.807, 2.05) is 43.0 Å². The molecule has 2 rings (SSSR count). The van der Waals surface area contributed by atoms with Crippen LogP contribution < -0.4 is 5.32 Å². The van der Waals surface area contributed by atoms with E-state index in [0.717, 1.165) is 5.56 Å². The van der Waals surface area contributed by atoms with Crippen LogP contribution in [-0.4, -0.2) is 28.8 Å². The molecule has 0 aliphatic carbocycles. The normalized spacial score (nSPS) is 18.3. The van der Waals surface area contributed by atoms with Crippen LogP contribution in [0.4, 0.5) is 0 Å². The quantitative estimate of drug-likeness (QED) is 0.791. The molecule has 1 aliphatic heterocycles. The molecule has 0 radical (unpaired) electrons. The molecule has 0 saturated carbocycles. The first-order valence-corrected chi connectivity index (χ1v) is 8.43. The van der Waals surface area contributed by atoms with Gasteiger partial charge in [-0.1, -0.05) is 26.0 Å². The van der Waals surface area contributed by atoms with Crippen LogP contribution in [-0.2, 0) is 16.1 Å². The van der Waals surface area contributed by atoms with E-state index in [1.54, 1.807) is 0 Å². The van der Waals surface area contributed by atoms with Gasteiger partial charge >= 0.3 is 0 Å². The van der Waals surface area contributed by atoms with Crippen LogP contribution in [0, 0.1) is 3.57 Å². The second kappa shape index (κ2) is 6.77. The second-order valence-corrected chi connectivity index (χ2v) is 6.69. The third-order valence-corrected chi connectivity index (χ3v) is 4.90. The lowest BCUT2D eigenvalue weighted by Gasteiger charge is -2.33. The maximum absolute atomic E-state index is 12.9. The van der Waals surface area contributed by atoms with Gasteiger partial charge in [0, 0.05) is 23.1 Å². The second-order valence-electron chi connectivity index (χ2n) is 5.44. The number of nitrogens with one attached hydrogen (secondary N) is 1. The molecule has 21 heavy (non-hydrogen) atoms. The van der Waals surface area contributed by atoms with E-state index in [0.29, 0.717) is 32.4 Å². The minimum Gasteiger partial charge on any atom is -0.342 e. The Balaban J connectivity index is 2.23. The van der Waals surface area contributed by atoms with Crippen molar-refractivity contribution in [1.29, 1.82) is 0 Å². The Morgan fingerprint density at radius 3 is 2.38 bits per heavy atom. The van der Waals surface area contributed by atoms with Gasteiger partial charge < -0.3 is 10.2 Å². The number of amides is 2. The van der Waals surface area contributed by atoms with Crippen LogP contribution in [0.2, 0.25) is 0 Å². The van der Waals surface area contributed by atoms with Gasteiger partial charge in [-0.25, -0.2) is 0 Å². The van der Waals surface area contributed by atoms with Gasteiger partial charge in [0.2, 0.25) is 11.8 Å². The molecule has 1 aromatic rings. The van der Waals surface area contributed by atoms with Gasteiger partial charge in [-0.3, -0.25) is 9.59 Å². The molecule has 0 aromatic heterocycles. The summed E-state index contributed by atoms with van der Waals surface area (Å²) in [5, 5.41) is 2.94. The van der Waals surface area contributed by atoms with Crippen LogP contribution in [0.15, 0.2) is 24.3 Å². The largest absolute Gasteiger partial charge is 0.342 e. The van der Waals surface area contributed by atoms with Gasteiger partial charge in [-0.2, -0.15) is 0 Å². The standard InChI is InChI=1S/C16H21IN2O2/c1-3-16(4-2)15(21)19(10-9-14(20)18-16)11-12-5-7-13(17)8-6-12/h5-8H,3-4,9-11H2,1-2H3,(H,18,20). The minimum absolute atomic E-state index is 0.0304. The molecule has 1 aromatic carbocycles. The number of halogens is 1. The van der Waals surface area contributed by atoms with E-state index in [2.05, 4.69) is 27.9 Å². The lowest BCUT2D eigenvalue weighted by atomic mass is 9.91. The van der Waals surface area contributed by atoms with E-state index in [1.165, 1.54) is 3.57 Å². The first kappa shape index (κ1) is 16.3. The lowest BCUT2D eigenvalue weighted by Crippen LogP contribution is -2.56. The van der Waals surface area contributed by atoms with Crippen molar-refractivity contribution in [2.75, 3.05) is 6.54 Å². The van der Waals surface area contributed by atoms with Gasteiger partial charge in [0.1, 0.15) is 5.54 Å². The third kappa shape index (κ3) is 3.56. The van der Waals surface area contributed by atoms with Crippen molar-refractivity contribution in [3.8, 4) is 0 Å². The highest BCUT2D eigenvalue weighted by molar-refractivity contribution is 14.1. The first-order chi connectivity index (χ1) is 10.0. The summed E-state index contributed by atoms with van der Waals surface area (Å²) in [7, 11) is 0. The Kier molecular flexibility index (Phi) is 5.24. The van der Waals surface area contributed by atoms with E-state index in [9.17, 15) is 9.59 Å². The average Bonchev–Trinajstić information content (AvgIpc) is 2.61. The van der Waals surface area contributed by atoms with Crippen molar-refractivity contribution in [2.45, 2.75) is 45.2 Å². The molecule has 5 heteroatoms. The maximum Gasteiger partial charge on any atom is 0.248 e. The molecule has 1 aliphatic rings. The molecule has 0 unspecified atom stereocenters. The van der Waals surface area contributed by atoms with Crippen molar-refractivity contribution < 1.29 is 9.59 Å². The highest BCUT2D eigenvalue weighted by atomic mass is 127. The van der Waals surface area contributed by atoms with Crippen LogP contribution >= 0.6 is 22.6 Å². The fourth-order valence-corrected chi connectivity index (χ4v) is 3.07. The Morgan fingerprint density at radius 2 is 1.81 bits per heavy atom. The molecule has 2 amide bonds. The summed E-state index contributed by atoms with van der Waals surface area (Å²) >= 11 is 2.26. The molecule has 0 spiro atoms. The molecule has 1 heterocycles. The minimum atomic E-state index is -0.739. The number of hydrogen-bond acceptors (Lipinski definition) is 2. The fourth-order valence-electron chi connectivity index (χ4n) is 2.71. The molecule has 1 fully saturated rings. The topological polar surface area (TPSA) is 49.4 Å². The van der Waals surface area contributed by atoms with Gasteiger partial charge in [0.15, 0.2) is 0 Å². The highest BCUT2D eigenvalue weighted by Gasteiger charge is 2.41. The lowest BCUT2D eigenvalue weighted by molar-refractivity contribution is -0.139. The Bertz CT molecular complexity index is 524. The highest BCUT2D eigenvalue weighted by Crippen LogP contribution is 2.23. The fraction of sp³-hybridized carbons (Fsp3) is 0.500. The first-order valence-electron chi connectivity index (χ1n) is 7.35. The van der Waals surface area contributed by atoms with Crippen LogP contribution in [0.25, 0.3) is 0 Å². The molecular formula is C16H21IN2O2. The van der Waals surface area contributed by atoms with E-state index < -0.39 is 5.54 Å². The monoisotopic (exact) mass is 400 g/mol. The molecular weight excluding hydrogens is 379 g/mol. The number of carbonyl (C=O) groups is 2.